The van der Waals surface area contributed by atoms with E-state index < -0.39 is 0 Å². The number of rotatable bonds is 3. The highest BCUT2D eigenvalue weighted by Crippen LogP contribution is 1.45. The summed E-state index contributed by atoms with van der Waals surface area (Å²) < 4.78 is 0. The van der Waals surface area contributed by atoms with Gasteiger partial charge < -0.3 is 29.7 Å². The molecule has 0 fully saturated rings. The first-order chi connectivity index (χ1) is 3.27. The molecule has 0 saturated carbocycles. The van der Waals surface area contributed by atoms with Gasteiger partial charge in [-0.25, -0.2) is 10.7 Å². The Morgan fingerprint density at radius 1 is 1.33 bits per heavy atom. The number of halogens is 2. The molecule has 0 aliphatic carbocycles. The fraction of sp³-hybridized carbons (Fsp3) is 1.00. The van der Waals surface area contributed by atoms with E-state index in [1.54, 1.807) is 0 Å². The molecule has 0 amide bonds. The van der Waals surface area contributed by atoms with Crippen molar-refractivity contribution in [2.24, 2.45) is 0 Å². The monoisotopic (exact) mass is 176 g/mol. The van der Waals surface area contributed by atoms with E-state index in [1.807, 2.05) is 0 Å². The van der Waals surface area contributed by atoms with Gasteiger partial charge in [0.2, 0.25) is 0 Å². The maximum absolute atomic E-state index is 4.58. The third kappa shape index (κ3) is 17.7. The molecule has 0 heterocycles. The van der Waals surface area contributed by atoms with Gasteiger partial charge in [0.1, 0.15) is 6.54 Å². The van der Waals surface area contributed by atoms with Crippen molar-refractivity contribution in [1.82, 2.24) is 0 Å². The third-order valence-electron chi connectivity index (χ3n) is 0.746. The second-order valence-corrected chi connectivity index (χ2v) is 1.87. The lowest BCUT2D eigenvalue weighted by Gasteiger charge is -2.01. The molecule has 60 valence electrons. The van der Waals surface area contributed by atoms with E-state index in [4.69, 9.17) is 0 Å². The molecule has 3 nitrogen and oxygen atoms in total. The number of quaternary nitrogens is 2. The minimum absolute atomic E-state index is 0. The van der Waals surface area contributed by atoms with Crippen LogP contribution >= 0.6 is 0 Å². The van der Waals surface area contributed by atoms with Gasteiger partial charge in [-0.15, -0.1) is 0 Å². The Labute approximate surface area is 68.3 Å². The van der Waals surface area contributed by atoms with E-state index in [1.165, 1.54) is 4.90 Å². The summed E-state index contributed by atoms with van der Waals surface area (Å²) in [7, 11) is 4.16. The average Bonchev–Trinajstić information content (AvgIpc) is 1.61. The number of nitrogens with one attached hydrogen (secondary N) is 1. The lowest BCUT2D eigenvalue weighted by atomic mass is 10.6. The maximum Gasteiger partial charge on any atom is 0.155 e. The Morgan fingerprint density at radius 2 is 1.78 bits per heavy atom. The van der Waals surface area contributed by atoms with Crippen LogP contribution in [0.4, 0.5) is 0 Å². The van der Waals surface area contributed by atoms with Gasteiger partial charge >= 0.3 is 0 Å². The lowest BCUT2D eigenvalue weighted by Crippen LogP contribution is -3.06. The number of hydrogen-bond donors (Lipinski definition) is 2. The smallest absolute Gasteiger partial charge is 0.155 e. The molecule has 0 bridgehead atoms. The summed E-state index contributed by atoms with van der Waals surface area (Å²) in [6.07, 6.45) is 0. The normalized spacial score (nSPS) is 8.00. The first kappa shape index (κ1) is 16.2. The highest BCUT2D eigenvalue weighted by atomic mass is 35.5. The van der Waals surface area contributed by atoms with Crippen molar-refractivity contribution in [3.05, 3.63) is 0 Å². The summed E-state index contributed by atoms with van der Waals surface area (Å²) >= 11 is 0. The highest BCUT2D eigenvalue weighted by Gasteiger charge is 1.89. The van der Waals surface area contributed by atoms with Gasteiger partial charge in [0, 0.05) is 0 Å². The van der Waals surface area contributed by atoms with Crippen LogP contribution in [-0.2, 0) is 4.84 Å². The molecular formula is C4H14Cl2N2O. The zero-order chi connectivity index (χ0) is 5.70. The fourth-order valence-corrected chi connectivity index (χ4v) is 0.276. The molecule has 0 unspecified atom stereocenters. The zero-order valence-electron chi connectivity index (χ0n) is 5.79. The summed E-state index contributed by atoms with van der Waals surface area (Å²) in [5.41, 5.74) is 0. The molecule has 0 aromatic heterocycles. The van der Waals surface area contributed by atoms with Crippen molar-refractivity contribution < 1.29 is 40.4 Å². The zero-order valence-corrected chi connectivity index (χ0v) is 7.30. The minimum Gasteiger partial charge on any atom is -1.00 e. The number of hydrogen-bond acceptors (Lipinski definition) is 1. The van der Waals surface area contributed by atoms with Crippen LogP contribution in [0.1, 0.15) is 0 Å². The third-order valence-corrected chi connectivity index (χ3v) is 0.746. The van der Waals surface area contributed by atoms with Crippen LogP contribution in [0.5, 0.6) is 0 Å². The summed E-state index contributed by atoms with van der Waals surface area (Å²) in [5.74, 6) is 3.24. The lowest BCUT2D eigenvalue weighted by molar-refractivity contribution is -0.865. The van der Waals surface area contributed by atoms with Crippen molar-refractivity contribution in [2.45, 2.75) is 0 Å². The molecule has 0 aromatic carbocycles. The topological polar surface area (TPSA) is 41.3 Å². The van der Waals surface area contributed by atoms with E-state index in [0.717, 1.165) is 13.2 Å². The van der Waals surface area contributed by atoms with Crippen molar-refractivity contribution in [1.29, 1.82) is 0 Å². The van der Waals surface area contributed by atoms with Crippen LogP contribution in [-0.4, -0.2) is 27.2 Å². The van der Waals surface area contributed by atoms with E-state index in [0.29, 0.717) is 0 Å². The Hall–Kier alpha value is 0.460. The predicted molar refractivity (Wildman–Crippen MR) is 26.5 cm³/mol. The SMILES string of the molecule is C[NH+](C)CCO[NH3+].[Cl-].[Cl-]. The molecule has 0 radical (unpaired) electrons. The first-order valence-electron chi connectivity index (χ1n) is 2.43. The van der Waals surface area contributed by atoms with Crippen LogP contribution in [0.15, 0.2) is 0 Å². The van der Waals surface area contributed by atoms with Crippen LogP contribution in [0.25, 0.3) is 0 Å². The van der Waals surface area contributed by atoms with Crippen LogP contribution in [0.3, 0.4) is 0 Å². The second-order valence-electron chi connectivity index (χ2n) is 1.87. The fourth-order valence-electron chi connectivity index (χ4n) is 0.276. The summed E-state index contributed by atoms with van der Waals surface area (Å²) in [5, 5.41) is 0. The average molecular weight is 177 g/mol. The van der Waals surface area contributed by atoms with E-state index in [-0.39, 0.29) is 24.8 Å². The predicted octanol–water partition coefficient (Wildman–Crippen LogP) is -8.69. The summed E-state index contributed by atoms with van der Waals surface area (Å²) in [4.78, 5) is 5.97. The van der Waals surface area contributed by atoms with Crippen molar-refractivity contribution in [2.75, 3.05) is 27.2 Å². The molecule has 0 saturated heterocycles. The van der Waals surface area contributed by atoms with Crippen LogP contribution in [0.2, 0.25) is 0 Å². The Kier molecular flexibility index (Phi) is 20.3. The molecule has 0 aliphatic rings. The second kappa shape index (κ2) is 11.3. The van der Waals surface area contributed by atoms with Crippen molar-refractivity contribution in [3.63, 3.8) is 0 Å². The van der Waals surface area contributed by atoms with Gasteiger partial charge in [-0.1, -0.05) is 0 Å². The van der Waals surface area contributed by atoms with Crippen molar-refractivity contribution >= 4 is 0 Å². The Bertz CT molecular complexity index is 45.5. The molecule has 4 N–H and O–H groups in total. The van der Waals surface area contributed by atoms with Crippen LogP contribution in [0, 0.1) is 0 Å². The highest BCUT2D eigenvalue weighted by molar-refractivity contribution is 4.12. The van der Waals surface area contributed by atoms with Gasteiger partial charge in [-0.2, -0.15) is 0 Å². The van der Waals surface area contributed by atoms with Gasteiger partial charge in [0.15, 0.2) is 6.61 Å². The molecule has 0 atom stereocenters. The van der Waals surface area contributed by atoms with Crippen molar-refractivity contribution in [3.8, 4) is 0 Å². The quantitative estimate of drug-likeness (QED) is 0.413. The first-order valence-corrected chi connectivity index (χ1v) is 2.43. The largest absolute Gasteiger partial charge is 1.00 e. The van der Waals surface area contributed by atoms with Gasteiger partial charge in [0.25, 0.3) is 0 Å². The van der Waals surface area contributed by atoms with Gasteiger partial charge in [0.05, 0.1) is 14.1 Å². The molecule has 0 spiro atoms. The maximum atomic E-state index is 4.58. The van der Waals surface area contributed by atoms with Gasteiger partial charge in [-0.3, -0.25) is 0 Å². The van der Waals surface area contributed by atoms with Gasteiger partial charge in [-0.05, 0) is 0 Å². The Morgan fingerprint density at radius 3 is 1.89 bits per heavy atom. The molecule has 0 aliphatic heterocycles. The molecule has 0 aromatic rings. The van der Waals surface area contributed by atoms with E-state index in [9.17, 15) is 0 Å². The molecule has 9 heavy (non-hydrogen) atoms. The van der Waals surface area contributed by atoms with Crippen LogP contribution < -0.4 is 35.6 Å². The van der Waals surface area contributed by atoms with E-state index in [2.05, 4.69) is 24.8 Å². The molecule has 0 rings (SSSR count). The molecular weight excluding hydrogens is 163 g/mol. The summed E-state index contributed by atoms with van der Waals surface area (Å²) in [6, 6.07) is 0. The Balaban J connectivity index is -0.000000180. The number of likely N-dealkylation sites (N-methyl/N-ethyl adjacent to an activating group) is 1. The molecule has 5 heteroatoms. The minimum atomic E-state index is 0. The standard InChI is InChI=1S/C4H13N2O.2ClH/c1-6(2)3-4-7-5;;/h3-4H2,1-2,5H3;2*1H/q+1;;/p-1. The van der Waals surface area contributed by atoms with E-state index >= 15 is 0 Å². The summed E-state index contributed by atoms with van der Waals surface area (Å²) in [6.45, 7) is 1.78.